The van der Waals surface area contributed by atoms with Gasteiger partial charge in [-0.2, -0.15) is 11.8 Å². The highest BCUT2D eigenvalue weighted by Crippen LogP contribution is 2.56. The highest BCUT2D eigenvalue weighted by molar-refractivity contribution is 7.98. The van der Waals surface area contributed by atoms with Crippen LogP contribution < -0.4 is 4.90 Å². The third kappa shape index (κ3) is 4.58. The maximum absolute atomic E-state index is 2.55. The Morgan fingerprint density at radius 1 is 0.528 bits per heavy atom. The summed E-state index contributed by atoms with van der Waals surface area (Å²) >= 11 is 2.09. The molecule has 53 heavy (non-hydrogen) atoms. The van der Waals surface area contributed by atoms with Gasteiger partial charge in [-0.05, 0) is 132 Å². The number of benzene rings is 8. The molecular formula is C51H39NS. The molecule has 8 aromatic rings. The Balaban J connectivity index is 1.23. The molecule has 254 valence electrons. The van der Waals surface area contributed by atoms with Crippen molar-refractivity contribution in [2.75, 3.05) is 10.7 Å². The molecule has 3 aliphatic rings. The van der Waals surface area contributed by atoms with E-state index in [9.17, 15) is 0 Å². The predicted octanol–water partition coefficient (Wildman–Crippen LogP) is 14.3. The normalized spacial score (nSPS) is 14.8. The van der Waals surface area contributed by atoms with Crippen LogP contribution in [-0.2, 0) is 17.6 Å². The number of hydrogen-bond acceptors (Lipinski definition) is 2. The third-order valence-electron chi connectivity index (χ3n) is 12.2. The molecule has 1 aliphatic heterocycles. The molecule has 0 spiro atoms. The molecule has 1 nitrogen and oxygen atoms in total. The standard InChI is InChI=1S/C51H39NS/c1-51(2)46-22-8-7-18-42(46)50-44(39-19-9-14-33-15-11-27-53-31-45(33)39)29-36(30-47(50)51)52(35-24-23-32-12-3-4-13-34(32)28-35)48-26-25-41-38-17-6-5-16-37(38)40-20-10-21-43(48)49(40)41/h3-10,12-14,16-26,28-30H,11,15,27,31H2,1-2H3. The van der Waals surface area contributed by atoms with Gasteiger partial charge in [0.1, 0.15) is 0 Å². The van der Waals surface area contributed by atoms with Crippen molar-refractivity contribution in [1.82, 2.24) is 0 Å². The van der Waals surface area contributed by atoms with Crippen LogP contribution in [0.4, 0.5) is 17.1 Å². The van der Waals surface area contributed by atoms with Crippen molar-refractivity contribution in [1.29, 1.82) is 0 Å². The largest absolute Gasteiger partial charge is 0.310 e. The Morgan fingerprint density at radius 2 is 1.25 bits per heavy atom. The van der Waals surface area contributed by atoms with Gasteiger partial charge in [0.2, 0.25) is 0 Å². The Bertz CT molecular complexity index is 2780. The first-order valence-corrected chi connectivity index (χ1v) is 20.1. The third-order valence-corrected chi connectivity index (χ3v) is 13.3. The molecule has 0 saturated heterocycles. The summed E-state index contributed by atoms with van der Waals surface area (Å²) in [6.45, 7) is 4.84. The van der Waals surface area contributed by atoms with Crippen LogP contribution in [0.5, 0.6) is 0 Å². The zero-order valence-electron chi connectivity index (χ0n) is 30.1. The molecule has 2 heteroatoms. The van der Waals surface area contributed by atoms with Gasteiger partial charge in [0, 0.05) is 27.9 Å². The zero-order valence-corrected chi connectivity index (χ0v) is 30.9. The number of hydrogen-bond donors (Lipinski definition) is 0. The molecule has 0 atom stereocenters. The summed E-state index contributed by atoms with van der Waals surface area (Å²) < 4.78 is 0. The molecule has 0 aromatic heterocycles. The van der Waals surface area contributed by atoms with Crippen LogP contribution in [0.2, 0.25) is 0 Å². The second kappa shape index (κ2) is 11.7. The summed E-state index contributed by atoms with van der Waals surface area (Å²) in [7, 11) is 0. The predicted molar refractivity (Wildman–Crippen MR) is 228 cm³/mol. The molecule has 11 rings (SSSR count). The van der Waals surface area contributed by atoms with E-state index in [2.05, 4.69) is 182 Å². The van der Waals surface area contributed by atoms with Crippen LogP contribution in [0.1, 0.15) is 42.5 Å². The average Bonchev–Trinajstić information content (AvgIpc) is 3.49. The Hall–Kier alpha value is -5.57. The van der Waals surface area contributed by atoms with Crippen molar-refractivity contribution in [3.63, 3.8) is 0 Å². The van der Waals surface area contributed by atoms with Crippen LogP contribution in [0, 0.1) is 0 Å². The molecule has 0 radical (unpaired) electrons. The van der Waals surface area contributed by atoms with Crippen molar-refractivity contribution < 1.29 is 0 Å². The number of nitrogens with zero attached hydrogens (tertiary/aromatic N) is 1. The molecule has 8 aromatic carbocycles. The highest BCUT2D eigenvalue weighted by atomic mass is 32.2. The first-order chi connectivity index (χ1) is 26.1. The molecular weight excluding hydrogens is 659 g/mol. The lowest BCUT2D eigenvalue weighted by molar-refractivity contribution is 0.660. The van der Waals surface area contributed by atoms with Gasteiger partial charge in [-0.15, -0.1) is 0 Å². The summed E-state index contributed by atoms with van der Waals surface area (Å²) in [5.74, 6) is 2.27. The number of rotatable bonds is 4. The fourth-order valence-electron chi connectivity index (χ4n) is 9.70. The van der Waals surface area contributed by atoms with Crippen molar-refractivity contribution in [2.24, 2.45) is 0 Å². The van der Waals surface area contributed by atoms with Gasteiger partial charge in [0.25, 0.3) is 0 Å². The van der Waals surface area contributed by atoms with E-state index in [1.54, 1.807) is 0 Å². The molecule has 0 saturated carbocycles. The second-order valence-corrected chi connectivity index (χ2v) is 16.6. The molecule has 0 amide bonds. The molecule has 2 aliphatic carbocycles. The van der Waals surface area contributed by atoms with E-state index < -0.39 is 0 Å². The van der Waals surface area contributed by atoms with Crippen LogP contribution in [0.3, 0.4) is 0 Å². The summed E-state index contributed by atoms with van der Waals surface area (Å²) in [5, 5.41) is 5.12. The Kier molecular flexibility index (Phi) is 6.85. The monoisotopic (exact) mass is 697 g/mol. The molecule has 0 N–H and O–H groups in total. The van der Waals surface area contributed by atoms with Crippen LogP contribution >= 0.6 is 11.8 Å². The lowest BCUT2D eigenvalue weighted by Gasteiger charge is -2.31. The van der Waals surface area contributed by atoms with Crippen LogP contribution in [0.15, 0.2) is 152 Å². The Morgan fingerprint density at radius 3 is 2.11 bits per heavy atom. The first-order valence-electron chi connectivity index (χ1n) is 19.0. The van der Waals surface area contributed by atoms with Crippen LogP contribution in [-0.4, -0.2) is 5.75 Å². The van der Waals surface area contributed by atoms with E-state index in [1.807, 2.05) is 0 Å². The smallest absolute Gasteiger partial charge is 0.0540 e. The van der Waals surface area contributed by atoms with Gasteiger partial charge in [-0.25, -0.2) is 0 Å². The Labute approximate surface area is 316 Å². The first kappa shape index (κ1) is 31.0. The van der Waals surface area contributed by atoms with E-state index in [4.69, 9.17) is 0 Å². The lowest BCUT2D eigenvalue weighted by Crippen LogP contribution is -2.17. The van der Waals surface area contributed by atoms with E-state index in [0.29, 0.717) is 0 Å². The fourth-order valence-corrected chi connectivity index (χ4v) is 10.7. The minimum Gasteiger partial charge on any atom is -0.310 e. The molecule has 0 bridgehead atoms. The van der Waals surface area contributed by atoms with Gasteiger partial charge >= 0.3 is 0 Å². The summed E-state index contributed by atoms with van der Waals surface area (Å²) in [4.78, 5) is 2.55. The van der Waals surface area contributed by atoms with Crippen molar-refractivity contribution in [2.45, 2.75) is 37.9 Å². The van der Waals surface area contributed by atoms with Gasteiger partial charge in [-0.3, -0.25) is 0 Å². The number of fused-ring (bicyclic) bond motifs is 8. The quantitative estimate of drug-likeness (QED) is 0.180. The summed E-state index contributed by atoms with van der Waals surface area (Å²) in [6, 6.07) is 57.5. The van der Waals surface area contributed by atoms with Gasteiger partial charge in [0.15, 0.2) is 0 Å². The van der Waals surface area contributed by atoms with Crippen LogP contribution in [0.25, 0.3) is 66.1 Å². The average molecular weight is 698 g/mol. The van der Waals surface area contributed by atoms with Crippen molar-refractivity contribution >= 4 is 50.4 Å². The fraction of sp³-hybridized carbons (Fsp3) is 0.137. The van der Waals surface area contributed by atoms with Gasteiger partial charge in [0.05, 0.1) is 5.69 Å². The SMILES string of the molecule is CC1(C)c2ccccc2-c2c(-c3cccc4c3CSCCC4)cc(N(c3ccc4ccccc4c3)c3ccc4c5c(cccc35)-c3ccccc3-4)cc21. The van der Waals surface area contributed by atoms with E-state index in [-0.39, 0.29) is 5.41 Å². The molecule has 1 heterocycles. The maximum Gasteiger partial charge on any atom is 0.0540 e. The van der Waals surface area contributed by atoms with E-state index in [1.165, 1.54) is 118 Å². The summed E-state index contributed by atoms with van der Waals surface area (Å²) in [5.41, 5.74) is 20.0. The minimum absolute atomic E-state index is 0.157. The van der Waals surface area contributed by atoms with Crippen molar-refractivity contribution in [3.05, 3.63) is 174 Å². The van der Waals surface area contributed by atoms with Gasteiger partial charge < -0.3 is 4.90 Å². The number of aryl methyl sites for hydroxylation is 1. The topological polar surface area (TPSA) is 3.24 Å². The number of thioether (sulfide) groups is 1. The van der Waals surface area contributed by atoms with E-state index >= 15 is 0 Å². The second-order valence-electron chi connectivity index (χ2n) is 15.5. The molecule has 0 unspecified atom stereocenters. The summed E-state index contributed by atoms with van der Waals surface area (Å²) in [6.07, 6.45) is 2.38. The zero-order chi connectivity index (χ0) is 35.3. The van der Waals surface area contributed by atoms with Gasteiger partial charge in [-0.1, -0.05) is 135 Å². The minimum atomic E-state index is -0.157. The maximum atomic E-state index is 2.55. The van der Waals surface area contributed by atoms with Crippen molar-refractivity contribution in [3.8, 4) is 44.5 Å². The van der Waals surface area contributed by atoms with E-state index in [0.717, 1.165) is 12.2 Å². The highest BCUT2D eigenvalue weighted by Gasteiger charge is 2.38. The lowest BCUT2D eigenvalue weighted by atomic mass is 9.81. The molecule has 0 fully saturated rings. The number of anilines is 3.